The highest BCUT2D eigenvalue weighted by Crippen LogP contribution is 2.61. The molecule has 2 nitrogen and oxygen atoms in total. The summed E-state index contributed by atoms with van der Waals surface area (Å²) in [6.45, 7) is 0. The van der Waals surface area contributed by atoms with Gasteiger partial charge in [0.25, 0.3) is 0 Å². The van der Waals surface area contributed by atoms with Crippen molar-refractivity contribution < 1.29 is 9.30 Å². The van der Waals surface area contributed by atoms with Crippen LogP contribution in [0, 0.1) is 0 Å². The first-order chi connectivity index (χ1) is 15.2. The van der Waals surface area contributed by atoms with Crippen molar-refractivity contribution in [3.63, 3.8) is 0 Å². The average molecular weight is 422 g/mol. The predicted octanol–water partition coefficient (Wildman–Crippen LogP) is 6.02. The zero-order valence-electron chi connectivity index (χ0n) is 17.4. The lowest BCUT2D eigenvalue weighted by Crippen LogP contribution is -2.16. The predicted molar refractivity (Wildman–Crippen MR) is 129 cm³/mol. The van der Waals surface area contributed by atoms with E-state index in [2.05, 4.69) is 30.3 Å². The highest BCUT2D eigenvalue weighted by molar-refractivity contribution is 7.83. The largest absolute Gasteiger partial charge is 0.497 e. The summed E-state index contributed by atoms with van der Waals surface area (Å²) < 4.78 is 20.3. The van der Waals surface area contributed by atoms with Gasteiger partial charge in [-0.05, 0) is 34.4 Å². The molecule has 1 unspecified atom stereocenters. The number of rotatable bonds is 5. The standard InChI is InChI=1S/C28H23O2P/c1-30-23-18-16-21(17-19-23)20-27-28(22-10-4-2-5-11-22)25-14-8-9-15-26(25)31(27,29)24-12-6-3-7-13-24/h2-19H,20H2,1H3. The highest BCUT2D eigenvalue weighted by atomic mass is 31.2. The maximum absolute atomic E-state index is 15.0. The molecule has 31 heavy (non-hydrogen) atoms. The Hall–Kier alpha value is -3.35. The molecule has 0 amide bonds. The summed E-state index contributed by atoms with van der Waals surface area (Å²) in [7, 11) is -1.31. The van der Waals surface area contributed by atoms with Crippen LogP contribution >= 0.6 is 7.14 Å². The number of allylic oxidation sites excluding steroid dienone is 1. The van der Waals surface area contributed by atoms with Gasteiger partial charge in [0.15, 0.2) is 7.14 Å². The van der Waals surface area contributed by atoms with E-state index < -0.39 is 7.14 Å². The lowest BCUT2D eigenvalue weighted by atomic mass is 9.96. The molecule has 4 aromatic carbocycles. The van der Waals surface area contributed by atoms with E-state index in [9.17, 15) is 4.57 Å². The fourth-order valence-corrected chi connectivity index (χ4v) is 7.68. The van der Waals surface area contributed by atoms with Crippen molar-refractivity contribution in [3.8, 4) is 5.75 Å². The third-order valence-electron chi connectivity index (χ3n) is 5.89. The first kappa shape index (κ1) is 19.6. The summed E-state index contributed by atoms with van der Waals surface area (Å²) in [6.07, 6.45) is 0.620. The van der Waals surface area contributed by atoms with Gasteiger partial charge < -0.3 is 9.30 Å². The first-order valence-electron chi connectivity index (χ1n) is 10.4. The first-order valence-corrected chi connectivity index (χ1v) is 12.1. The Kier molecular flexibility index (Phi) is 5.10. The van der Waals surface area contributed by atoms with E-state index in [1.54, 1.807) is 7.11 Å². The maximum Gasteiger partial charge on any atom is 0.168 e. The zero-order chi connectivity index (χ0) is 21.3. The molecule has 0 aliphatic carbocycles. The van der Waals surface area contributed by atoms with Gasteiger partial charge in [-0.15, -0.1) is 0 Å². The molecule has 4 aromatic rings. The quantitative estimate of drug-likeness (QED) is 0.367. The van der Waals surface area contributed by atoms with Crippen molar-refractivity contribution in [2.24, 2.45) is 0 Å². The Morgan fingerprint density at radius 1 is 0.710 bits per heavy atom. The van der Waals surface area contributed by atoms with E-state index in [4.69, 9.17) is 4.74 Å². The normalized spacial score (nSPS) is 17.5. The minimum absolute atomic E-state index is 0.620. The molecule has 1 aliphatic rings. The second-order valence-electron chi connectivity index (χ2n) is 7.67. The molecule has 0 aromatic heterocycles. The monoisotopic (exact) mass is 422 g/mol. The summed E-state index contributed by atoms with van der Waals surface area (Å²) in [5.41, 5.74) is 4.39. The van der Waals surface area contributed by atoms with Crippen molar-refractivity contribution in [2.45, 2.75) is 6.42 Å². The Balaban J connectivity index is 1.78. The van der Waals surface area contributed by atoms with Gasteiger partial charge in [-0.1, -0.05) is 97.1 Å². The molecule has 0 N–H and O–H groups in total. The SMILES string of the molecule is COc1ccc(CC2=C(c3ccccc3)c3ccccc3P2(=O)c2ccccc2)cc1. The molecule has 1 atom stereocenters. The number of hydrogen-bond donors (Lipinski definition) is 0. The van der Waals surface area contributed by atoms with Crippen molar-refractivity contribution in [3.05, 3.63) is 131 Å². The van der Waals surface area contributed by atoms with Crippen LogP contribution in [0.1, 0.15) is 16.7 Å². The summed E-state index contributed by atoms with van der Waals surface area (Å²) in [5, 5.41) is 2.82. The van der Waals surface area contributed by atoms with Crippen LogP contribution in [0.25, 0.3) is 5.57 Å². The molecule has 0 fully saturated rings. The van der Waals surface area contributed by atoms with E-state index in [1.807, 2.05) is 78.9 Å². The van der Waals surface area contributed by atoms with Gasteiger partial charge >= 0.3 is 0 Å². The Morgan fingerprint density at radius 2 is 1.32 bits per heavy atom. The fraction of sp³-hybridized carbons (Fsp3) is 0.0714. The molecule has 3 heteroatoms. The lowest BCUT2D eigenvalue weighted by molar-refractivity contribution is 0.414. The van der Waals surface area contributed by atoms with Crippen molar-refractivity contribution in [1.82, 2.24) is 0 Å². The van der Waals surface area contributed by atoms with Gasteiger partial charge in [0.1, 0.15) is 5.75 Å². The fourth-order valence-electron chi connectivity index (χ4n) is 4.41. The van der Waals surface area contributed by atoms with Gasteiger partial charge in [0.05, 0.1) is 7.11 Å². The molecule has 0 radical (unpaired) electrons. The number of benzene rings is 4. The number of methoxy groups -OCH3 is 1. The number of hydrogen-bond acceptors (Lipinski definition) is 2. The van der Waals surface area contributed by atoms with E-state index in [-0.39, 0.29) is 0 Å². The van der Waals surface area contributed by atoms with Crippen LogP contribution in [0.15, 0.2) is 115 Å². The zero-order valence-corrected chi connectivity index (χ0v) is 18.3. The van der Waals surface area contributed by atoms with E-state index in [0.29, 0.717) is 6.42 Å². The van der Waals surface area contributed by atoms with Crippen LogP contribution in [0.3, 0.4) is 0 Å². The van der Waals surface area contributed by atoms with Crippen LogP contribution in [-0.4, -0.2) is 7.11 Å². The topological polar surface area (TPSA) is 26.3 Å². The molecule has 1 aliphatic heterocycles. The van der Waals surface area contributed by atoms with Crippen LogP contribution in [0.2, 0.25) is 0 Å². The third kappa shape index (κ3) is 3.34. The Morgan fingerprint density at radius 3 is 2.00 bits per heavy atom. The van der Waals surface area contributed by atoms with Gasteiger partial charge in [0.2, 0.25) is 0 Å². The Labute approximate surface area is 183 Å². The molecular formula is C28H23O2P. The van der Waals surface area contributed by atoms with Crippen LogP contribution < -0.4 is 15.3 Å². The van der Waals surface area contributed by atoms with Crippen molar-refractivity contribution in [2.75, 3.05) is 7.11 Å². The third-order valence-corrected chi connectivity index (χ3v) is 9.13. The molecular weight excluding hydrogens is 399 g/mol. The van der Waals surface area contributed by atoms with E-state index in [0.717, 1.165) is 43.9 Å². The summed E-state index contributed by atoms with van der Waals surface area (Å²) in [5.74, 6) is 0.821. The molecule has 152 valence electrons. The van der Waals surface area contributed by atoms with Crippen LogP contribution in [-0.2, 0) is 11.0 Å². The summed E-state index contributed by atoms with van der Waals surface area (Å²) in [4.78, 5) is 0. The Bertz CT molecular complexity index is 1290. The maximum atomic E-state index is 15.0. The van der Waals surface area contributed by atoms with Gasteiger partial charge in [-0.3, -0.25) is 0 Å². The van der Waals surface area contributed by atoms with Gasteiger partial charge in [0, 0.05) is 22.3 Å². The number of fused-ring (bicyclic) bond motifs is 1. The number of ether oxygens (including phenoxy) is 1. The van der Waals surface area contributed by atoms with Crippen LogP contribution in [0.5, 0.6) is 5.75 Å². The van der Waals surface area contributed by atoms with Gasteiger partial charge in [-0.2, -0.15) is 0 Å². The molecule has 5 rings (SSSR count). The molecule has 1 heterocycles. The highest BCUT2D eigenvalue weighted by Gasteiger charge is 2.42. The molecule has 0 saturated heterocycles. The van der Waals surface area contributed by atoms with Crippen molar-refractivity contribution in [1.29, 1.82) is 0 Å². The van der Waals surface area contributed by atoms with E-state index >= 15 is 0 Å². The van der Waals surface area contributed by atoms with Gasteiger partial charge in [-0.25, -0.2) is 0 Å². The second kappa shape index (κ2) is 8.06. The smallest absolute Gasteiger partial charge is 0.168 e. The average Bonchev–Trinajstić information content (AvgIpc) is 3.10. The summed E-state index contributed by atoms with van der Waals surface area (Å²) >= 11 is 0. The summed E-state index contributed by atoms with van der Waals surface area (Å²) in [6, 6.07) is 36.5. The van der Waals surface area contributed by atoms with Crippen molar-refractivity contribution >= 4 is 23.3 Å². The minimum atomic E-state index is -2.98. The van der Waals surface area contributed by atoms with Crippen LogP contribution in [0.4, 0.5) is 0 Å². The lowest BCUT2D eigenvalue weighted by Gasteiger charge is -2.19. The molecule has 0 bridgehead atoms. The van der Waals surface area contributed by atoms with E-state index in [1.165, 1.54) is 0 Å². The minimum Gasteiger partial charge on any atom is -0.497 e. The molecule has 0 spiro atoms. The molecule has 0 saturated carbocycles. The second-order valence-corrected chi connectivity index (χ2v) is 10.4.